The Morgan fingerprint density at radius 1 is 1.20 bits per heavy atom. The highest BCUT2D eigenvalue weighted by atomic mass is 32.2. The van der Waals surface area contributed by atoms with Crippen LogP contribution in [0.15, 0.2) is 47.4 Å². The van der Waals surface area contributed by atoms with E-state index in [1.54, 1.807) is 37.3 Å². The second-order valence-electron chi connectivity index (χ2n) is 7.29. The van der Waals surface area contributed by atoms with Gasteiger partial charge in [-0.25, -0.2) is 0 Å². The number of likely N-dealkylation sites (tertiary alicyclic amines) is 1. The molecule has 1 fully saturated rings. The zero-order valence-electron chi connectivity index (χ0n) is 16.6. The zero-order chi connectivity index (χ0) is 21.1. The van der Waals surface area contributed by atoms with Crippen LogP contribution in [0.25, 0.3) is 0 Å². The fourth-order valence-corrected chi connectivity index (χ4v) is 4.41. The van der Waals surface area contributed by atoms with Crippen LogP contribution in [0.5, 0.6) is 5.75 Å². The highest BCUT2D eigenvalue weighted by Gasteiger charge is 2.24. The Kier molecular flexibility index (Phi) is 5.94. The molecule has 1 atom stereocenters. The van der Waals surface area contributed by atoms with E-state index in [0.717, 1.165) is 30.8 Å². The molecule has 2 aliphatic rings. The van der Waals surface area contributed by atoms with Gasteiger partial charge in [0.2, 0.25) is 5.91 Å². The summed E-state index contributed by atoms with van der Waals surface area (Å²) in [6.45, 7) is 3.31. The van der Waals surface area contributed by atoms with E-state index in [1.807, 2.05) is 17.0 Å². The average Bonchev–Trinajstić information content (AvgIpc) is 3.28. The third-order valence-corrected chi connectivity index (χ3v) is 6.17. The maximum Gasteiger partial charge on any atom is 0.265 e. The molecule has 3 amide bonds. The largest absolute Gasteiger partial charge is 0.479 e. The summed E-state index contributed by atoms with van der Waals surface area (Å²) in [6.07, 6.45) is 1.56. The number of benzene rings is 2. The lowest BCUT2D eigenvalue weighted by molar-refractivity contribution is -0.127. The number of hydrogen-bond donors (Lipinski definition) is 2. The van der Waals surface area contributed by atoms with Crippen LogP contribution in [-0.2, 0) is 9.59 Å². The van der Waals surface area contributed by atoms with Crippen molar-refractivity contribution in [3.05, 3.63) is 48.0 Å². The molecule has 7 nitrogen and oxygen atoms in total. The molecule has 0 aromatic heterocycles. The van der Waals surface area contributed by atoms with Gasteiger partial charge < -0.3 is 20.3 Å². The zero-order valence-corrected chi connectivity index (χ0v) is 17.5. The number of fused-ring (bicyclic) bond motifs is 1. The molecular weight excluding hydrogens is 402 g/mol. The number of ether oxygens (including phenoxy) is 1. The van der Waals surface area contributed by atoms with Crippen molar-refractivity contribution in [3.8, 4) is 5.75 Å². The molecular formula is C22H23N3O4S. The molecule has 0 unspecified atom stereocenters. The fraction of sp³-hybridized carbons (Fsp3) is 0.318. The van der Waals surface area contributed by atoms with Gasteiger partial charge in [0.05, 0.1) is 17.0 Å². The molecule has 156 valence electrons. The molecule has 0 saturated carbocycles. The highest BCUT2D eigenvalue weighted by Crippen LogP contribution is 2.32. The first-order chi connectivity index (χ1) is 14.5. The van der Waals surface area contributed by atoms with Gasteiger partial charge in [0.25, 0.3) is 11.8 Å². The lowest BCUT2D eigenvalue weighted by Crippen LogP contribution is -2.34. The molecule has 2 aromatic rings. The summed E-state index contributed by atoms with van der Waals surface area (Å²) in [5.41, 5.74) is 1.57. The van der Waals surface area contributed by atoms with Crippen molar-refractivity contribution in [2.24, 2.45) is 0 Å². The topological polar surface area (TPSA) is 87.7 Å². The second-order valence-corrected chi connectivity index (χ2v) is 8.30. The van der Waals surface area contributed by atoms with Crippen molar-refractivity contribution in [1.82, 2.24) is 4.90 Å². The maximum atomic E-state index is 12.9. The van der Waals surface area contributed by atoms with Crippen molar-refractivity contribution >= 4 is 40.9 Å². The average molecular weight is 426 g/mol. The molecule has 2 N–H and O–H groups in total. The first kappa shape index (κ1) is 20.3. The third-order valence-electron chi connectivity index (χ3n) is 5.11. The summed E-state index contributed by atoms with van der Waals surface area (Å²) in [5, 5.41) is 5.64. The van der Waals surface area contributed by atoms with Crippen LogP contribution in [0.1, 0.15) is 30.1 Å². The molecule has 0 aliphatic carbocycles. The second kappa shape index (κ2) is 8.79. The molecule has 2 aromatic carbocycles. The summed E-state index contributed by atoms with van der Waals surface area (Å²) >= 11 is 1.38. The monoisotopic (exact) mass is 425 g/mol. The Balaban J connectivity index is 1.44. The molecule has 1 saturated heterocycles. The maximum absolute atomic E-state index is 12.9. The predicted octanol–water partition coefficient (Wildman–Crippen LogP) is 3.37. The Morgan fingerprint density at radius 2 is 1.97 bits per heavy atom. The number of anilines is 2. The van der Waals surface area contributed by atoms with E-state index in [1.165, 1.54) is 11.8 Å². The molecule has 4 rings (SSSR count). The minimum Gasteiger partial charge on any atom is -0.479 e. The van der Waals surface area contributed by atoms with Crippen LogP contribution in [0.2, 0.25) is 0 Å². The number of carbonyl (C=O) groups excluding carboxylic acids is 3. The van der Waals surface area contributed by atoms with Gasteiger partial charge in [-0.3, -0.25) is 14.4 Å². The third kappa shape index (κ3) is 4.43. The van der Waals surface area contributed by atoms with E-state index in [-0.39, 0.29) is 17.7 Å². The van der Waals surface area contributed by atoms with Crippen LogP contribution >= 0.6 is 11.8 Å². The smallest absolute Gasteiger partial charge is 0.265 e. The van der Waals surface area contributed by atoms with Crippen molar-refractivity contribution in [1.29, 1.82) is 0 Å². The fourth-order valence-electron chi connectivity index (χ4n) is 3.46. The van der Waals surface area contributed by atoms with E-state index >= 15 is 0 Å². The Hall–Kier alpha value is -3.00. The van der Waals surface area contributed by atoms with Gasteiger partial charge in [0, 0.05) is 23.7 Å². The standard InChI is InChI=1S/C22H23N3O4S/c1-14-21(27)24-17-12-15(8-9-18(17)29-14)23-22(28)16-6-2-3-7-19(16)30-13-20(26)25-10-4-5-11-25/h2-3,6-9,12,14H,4-5,10-11,13H2,1H3,(H,23,28)(H,24,27)/t14-/m1/s1. The first-order valence-corrected chi connectivity index (χ1v) is 10.9. The highest BCUT2D eigenvalue weighted by molar-refractivity contribution is 8.00. The molecule has 2 aliphatic heterocycles. The van der Waals surface area contributed by atoms with E-state index in [0.29, 0.717) is 28.4 Å². The Labute approximate surface area is 179 Å². The molecule has 0 bridgehead atoms. The van der Waals surface area contributed by atoms with Crippen LogP contribution in [0.4, 0.5) is 11.4 Å². The number of amides is 3. The van der Waals surface area contributed by atoms with Crippen LogP contribution in [0.3, 0.4) is 0 Å². The lowest BCUT2D eigenvalue weighted by Gasteiger charge is -2.23. The minimum atomic E-state index is -0.551. The van der Waals surface area contributed by atoms with Gasteiger partial charge in [0.15, 0.2) is 6.10 Å². The molecule has 30 heavy (non-hydrogen) atoms. The van der Waals surface area contributed by atoms with Crippen molar-refractivity contribution in [3.63, 3.8) is 0 Å². The SMILES string of the molecule is C[C@H]1Oc2ccc(NC(=O)c3ccccc3SCC(=O)N3CCCC3)cc2NC1=O. The number of nitrogens with one attached hydrogen (secondary N) is 2. The summed E-state index contributed by atoms with van der Waals surface area (Å²) in [4.78, 5) is 39.7. The van der Waals surface area contributed by atoms with Gasteiger partial charge in [-0.2, -0.15) is 0 Å². The normalized spacial score (nSPS) is 17.7. The van der Waals surface area contributed by atoms with Crippen LogP contribution in [-0.4, -0.2) is 47.6 Å². The molecule has 2 heterocycles. The quantitative estimate of drug-likeness (QED) is 0.717. The summed E-state index contributed by atoms with van der Waals surface area (Å²) in [6, 6.07) is 12.4. The molecule has 0 spiro atoms. The lowest BCUT2D eigenvalue weighted by atomic mass is 10.2. The summed E-state index contributed by atoms with van der Waals surface area (Å²) in [7, 11) is 0. The first-order valence-electron chi connectivity index (χ1n) is 9.94. The number of rotatable bonds is 5. The molecule has 8 heteroatoms. The number of nitrogens with zero attached hydrogens (tertiary/aromatic N) is 1. The Bertz CT molecular complexity index is 988. The van der Waals surface area contributed by atoms with Gasteiger partial charge in [-0.1, -0.05) is 12.1 Å². The van der Waals surface area contributed by atoms with Crippen LogP contribution < -0.4 is 15.4 Å². The number of thioether (sulfide) groups is 1. The molecule has 0 radical (unpaired) electrons. The number of hydrogen-bond acceptors (Lipinski definition) is 5. The van der Waals surface area contributed by atoms with Crippen molar-refractivity contribution in [2.45, 2.75) is 30.8 Å². The van der Waals surface area contributed by atoms with Crippen molar-refractivity contribution in [2.75, 3.05) is 29.5 Å². The summed E-state index contributed by atoms with van der Waals surface area (Å²) in [5.74, 6) is 0.479. The Morgan fingerprint density at radius 3 is 2.77 bits per heavy atom. The van der Waals surface area contributed by atoms with Crippen molar-refractivity contribution < 1.29 is 19.1 Å². The van der Waals surface area contributed by atoms with Crippen LogP contribution in [0, 0.1) is 0 Å². The minimum absolute atomic E-state index is 0.104. The van der Waals surface area contributed by atoms with E-state index in [9.17, 15) is 14.4 Å². The van der Waals surface area contributed by atoms with E-state index in [4.69, 9.17) is 4.74 Å². The predicted molar refractivity (Wildman–Crippen MR) is 116 cm³/mol. The van der Waals surface area contributed by atoms with Gasteiger partial charge in [-0.15, -0.1) is 11.8 Å². The van der Waals surface area contributed by atoms with Gasteiger partial charge in [0.1, 0.15) is 5.75 Å². The van der Waals surface area contributed by atoms with Gasteiger partial charge >= 0.3 is 0 Å². The van der Waals surface area contributed by atoms with E-state index < -0.39 is 6.10 Å². The number of carbonyl (C=O) groups is 3. The van der Waals surface area contributed by atoms with Gasteiger partial charge in [-0.05, 0) is 50.1 Å². The van der Waals surface area contributed by atoms with E-state index in [2.05, 4.69) is 10.6 Å². The summed E-state index contributed by atoms with van der Waals surface area (Å²) < 4.78 is 5.54.